The van der Waals surface area contributed by atoms with E-state index < -0.39 is 25.2 Å². The second kappa shape index (κ2) is 8.11. The maximum absolute atomic E-state index is 12.3. The van der Waals surface area contributed by atoms with Crippen LogP contribution >= 0.6 is 12.4 Å². The van der Waals surface area contributed by atoms with E-state index in [1.165, 1.54) is 0 Å². The first-order chi connectivity index (χ1) is 8.81. The summed E-state index contributed by atoms with van der Waals surface area (Å²) in [6.07, 6.45) is -4.03. The zero-order chi connectivity index (χ0) is 14.5. The molecule has 3 nitrogen and oxygen atoms in total. The highest BCUT2D eigenvalue weighted by Crippen LogP contribution is 2.17. The van der Waals surface area contributed by atoms with Gasteiger partial charge in [-0.3, -0.25) is 4.79 Å². The van der Waals surface area contributed by atoms with Crippen LogP contribution in [-0.2, 0) is 11.2 Å². The van der Waals surface area contributed by atoms with Crippen LogP contribution in [-0.4, -0.2) is 36.6 Å². The number of nitrogens with zero attached hydrogens (tertiary/aromatic N) is 1. The van der Waals surface area contributed by atoms with Gasteiger partial charge in [-0.25, -0.2) is 0 Å². The second-order valence-electron chi connectivity index (χ2n) is 4.37. The molecule has 0 fully saturated rings. The molecule has 7 heteroatoms. The van der Waals surface area contributed by atoms with Crippen LogP contribution in [0.5, 0.6) is 0 Å². The lowest BCUT2D eigenvalue weighted by molar-refractivity contribution is -0.160. The second-order valence-corrected chi connectivity index (χ2v) is 4.37. The highest BCUT2D eigenvalue weighted by atomic mass is 35.5. The first-order valence-electron chi connectivity index (χ1n) is 5.92. The van der Waals surface area contributed by atoms with Gasteiger partial charge in [-0.2, -0.15) is 13.2 Å². The molecule has 0 aromatic heterocycles. The van der Waals surface area contributed by atoms with Crippen molar-refractivity contribution in [2.75, 3.05) is 19.6 Å². The molecule has 0 radical (unpaired) electrons. The third-order valence-electron chi connectivity index (χ3n) is 2.69. The third kappa shape index (κ3) is 6.77. The Morgan fingerprint density at radius 2 is 1.80 bits per heavy atom. The van der Waals surface area contributed by atoms with E-state index in [0.29, 0.717) is 6.42 Å². The number of halogens is 4. The largest absolute Gasteiger partial charge is 0.406 e. The molecule has 1 aromatic carbocycles. The molecule has 0 aliphatic carbocycles. The van der Waals surface area contributed by atoms with Gasteiger partial charge in [0.2, 0.25) is 5.91 Å². The molecule has 0 bridgehead atoms. The van der Waals surface area contributed by atoms with Crippen LogP contribution < -0.4 is 5.73 Å². The number of hydrogen-bond acceptors (Lipinski definition) is 2. The first-order valence-corrected chi connectivity index (χ1v) is 5.92. The van der Waals surface area contributed by atoms with Crippen LogP contribution in [0.3, 0.4) is 0 Å². The Morgan fingerprint density at radius 3 is 2.25 bits per heavy atom. The molecular weight excluding hydrogens is 293 g/mol. The fraction of sp³-hybridized carbons (Fsp3) is 0.462. The van der Waals surface area contributed by atoms with E-state index in [-0.39, 0.29) is 19.0 Å². The van der Waals surface area contributed by atoms with Crippen molar-refractivity contribution >= 4 is 18.3 Å². The number of aryl methyl sites for hydroxylation is 1. The van der Waals surface area contributed by atoms with Crippen molar-refractivity contribution in [2.45, 2.75) is 19.5 Å². The summed E-state index contributed by atoms with van der Waals surface area (Å²) in [7, 11) is 0. The van der Waals surface area contributed by atoms with Crippen molar-refractivity contribution in [1.29, 1.82) is 0 Å². The standard InChI is InChI=1S/C13H17F3N2O.ClH/c1-10-2-4-11(5-3-10)6-7-18(12(19)8-17)9-13(14,15)16;/h2-5H,6-9,17H2,1H3;1H. The minimum absolute atomic E-state index is 0. The lowest BCUT2D eigenvalue weighted by Gasteiger charge is -2.23. The van der Waals surface area contributed by atoms with Crippen molar-refractivity contribution in [1.82, 2.24) is 4.90 Å². The summed E-state index contributed by atoms with van der Waals surface area (Å²) in [5.41, 5.74) is 7.09. The van der Waals surface area contributed by atoms with Gasteiger partial charge in [0.1, 0.15) is 6.54 Å². The van der Waals surface area contributed by atoms with Crippen molar-refractivity contribution in [3.05, 3.63) is 35.4 Å². The quantitative estimate of drug-likeness (QED) is 0.907. The molecule has 2 N–H and O–H groups in total. The minimum Gasteiger partial charge on any atom is -0.332 e. The van der Waals surface area contributed by atoms with Gasteiger partial charge < -0.3 is 10.6 Å². The summed E-state index contributed by atoms with van der Waals surface area (Å²) in [5, 5.41) is 0. The molecule has 114 valence electrons. The molecule has 0 heterocycles. The predicted octanol–water partition coefficient (Wildman–Crippen LogP) is 2.31. The number of carbonyl (C=O) groups excluding carboxylic acids is 1. The summed E-state index contributed by atoms with van der Waals surface area (Å²) in [6.45, 7) is 0.273. The average Bonchev–Trinajstić information content (AvgIpc) is 2.34. The topological polar surface area (TPSA) is 46.3 Å². The van der Waals surface area contributed by atoms with Gasteiger partial charge in [0.25, 0.3) is 0 Å². The summed E-state index contributed by atoms with van der Waals surface area (Å²) in [5.74, 6) is -0.690. The molecule has 0 aliphatic rings. The maximum Gasteiger partial charge on any atom is 0.406 e. The van der Waals surface area contributed by atoms with E-state index in [1.54, 1.807) is 0 Å². The average molecular weight is 311 g/mol. The van der Waals surface area contributed by atoms with E-state index in [9.17, 15) is 18.0 Å². The smallest absolute Gasteiger partial charge is 0.332 e. The number of carbonyl (C=O) groups is 1. The van der Waals surface area contributed by atoms with Gasteiger partial charge in [0, 0.05) is 6.54 Å². The van der Waals surface area contributed by atoms with Crippen LogP contribution in [0.25, 0.3) is 0 Å². The third-order valence-corrected chi connectivity index (χ3v) is 2.69. The zero-order valence-electron chi connectivity index (χ0n) is 11.1. The lowest BCUT2D eigenvalue weighted by Crippen LogP contribution is -2.43. The number of rotatable bonds is 5. The van der Waals surface area contributed by atoms with Gasteiger partial charge in [0.15, 0.2) is 0 Å². The van der Waals surface area contributed by atoms with Gasteiger partial charge in [0.05, 0.1) is 6.54 Å². The molecule has 20 heavy (non-hydrogen) atoms. The molecule has 0 aliphatic heterocycles. The Hall–Kier alpha value is -1.27. The number of amides is 1. The SMILES string of the molecule is Cc1ccc(CCN(CC(F)(F)F)C(=O)CN)cc1.Cl. The molecular formula is C13H18ClF3N2O. The summed E-state index contributed by atoms with van der Waals surface area (Å²) >= 11 is 0. The van der Waals surface area contributed by atoms with Gasteiger partial charge in [-0.05, 0) is 18.9 Å². The fourth-order valence-electron chi connectivity index (χ4n) is 1.66. The number of alkyl halides is 3. The van der Waals surface area contributed by atoms with E-state index in [0.717, 1.165) is 16.0 Å². The summed E-state index contributed by atoms with van der Waals surface area (Å²) in [4.78, 5) is 12.1. The highest BCUT2D eigenvalue weighted by Gasteiger charge is 2.32. The van der Waals surface area contributed by atoms with Crippen LogP contribution in [0.4, 0.5) is 13.2 Å². The van der Waals surface area contributed by atoms with E-state index in [2.05, 4.69) is 0 Å². The molecule has 0 spiro atoms. The number of hydrogen-bond donors (Lipinski definition) is 1. The monoisotopic (exact) mass is 310 g/mol. The molecule has 1 aromatic rings. The van der Waals surface area contributed by atoms with Crippen molar-refractivity contribution in [3.63, 3.8) is 0 Å². The lowest BCUT2D eigenvalue weighted by atomic mass is 10.1. The van der Waals surface area contributed by atoms with Crippen LogP contribution in [0.15, 0.2) is 24.3 Å². The van der Waals surface area contributed by atoms with Crippen LogP contribution in [0.2, 0.25) is 0 Å². The first kappa shape index (κ1) is 18.7. The molecule has 1 amide bonds. The molecule has 0 atom stereocenters. The predicted molar refractivity (Wildman–Crippen MR) is 73.8 cm³/mol. The van der Waals surface area contributed by atoms with Crippen molar-refractivity contribution in [3.8, 4) is 0 Å². The van der Waals surface area contributed by atoms with Gasteiger partial charge >= 0.3 is 6.18 Å². The maximum atomic E-state index is 12.3. The molecule has 1 rings (SSSR count). The Kier molecular flexibility index (Phi) is 7.60. The molecule has 0 unspecified atom stereocenters. The zero-order valence-corrected chi connectivity index (χ0v) is 11.9. The molecule has 0 saturated carbocycles. The number of nitrogens with two attached hydrogens (primary N) is 1. The Bertz CT molecular complexity index is 421. The fourth-order valence-corrected chi connectivity index (χ4v) is 1.66. The minimum atomic E-state index is -4.40. The van der Waals surface area contributed by atoms with Crippen LogP contribution in [0.1, 0.15) is 11.1 Å². The van der Waals surface area contributed by atoms with E-state index >= 15 is 0 Å². The van der Waals surface area contributed by atoms with Crippen LogP contribution in [0, 0.1) is 6.92 Å². The van der Waals surface area contributed by atoms with Gasteiger partial charge in [-0.1, -0.05) is 29.8 Å². The van der Waals surface area contributed by atoms with Crippen molar-refractivity contribution < 1.29 is 18.0 Å². The van der Waals surface area contributed by atoms with Gasteiger partial charge in [-0.15, -0.1) is 12.4 Å². The van der Waals surface area contributed by atoms with Crippen molar-refractivity contribution in [2.24, 2.45) is 5.73 Å². The highest BCUT2D eigenvalue weighted by molar-refractivity contribution is 5.85. The summed E-state index contributed by atoms with van der Waals surface area (Å²) in [6, 6.07) is 7.45. The Labute approximate surface area is 122 Å². The molecule has 0 saturated heterocycles. The summed E-state index contributed by atoms with van der Waals surface area (Å²) < 4.78 is 37.0. The Balaban J connectivity index is 0.00000361. The number of benzene rings is 1. The van der Waals surface area contributed by atoms with E-state index in [4.69, 9.17) is 5.73 Å². The normalized spacial score (nSPS) is 10.8. The Morgan fingerprint density at radius 1 is 1.25 bits per heavy atom. The van der Waals surface area contributed by atoms with E-state index in [1.807, 2.05) is 31.2 Å².